The first kappa shape index (κ1) is 30.7. The van der Waals surface area contributed by atoms with Gasteiger partial charge >= 0.3 is 0 Å². The third-order valence-electron chi connectivity index (χ3n) is 6.09. The second-order valence-corrected chi connectivity index (χ2v) is 10.1. The largest absolute Gasteiger partial charge is 0.495 e. The SMILES string of the molecule is COc1ccccc1NC(=O)CSc1cccc(NC(=O)/C(=C\c2ccc(OC)c(OC)c2)NC(=O)c2ccccc2)c1. The fraction of sp³-hybridized carbons (Fsp3) is 0.121. The summed E-state index contributed by atoms with van der Waals surface area (Å²) in [6.45, 7) is 0. The first-order valence-corrected chi connectivity index (χ1v) is 14.2. The predicted octanol–water partition coefficient (Wildman–Crippen LogP) is 5.85. The van der Waals surface area contributed by atoms with Crippen LogP contribution in [0.25, 0.3) is 6.08 Å². The Bertz CT molecular complexity index is 1620. The molecule has 4 aromatic rings. The highest BCUT2D eigenvalue weighted by Crippen LogP contribution is 2.29. The number of ether oxygens (including phenoxy) is 3. The van der Waals surface area contributed by atoms with Gasteiger partial charge in [-0.2, -0.15) is 0 Å². The summed E-state index contributed by atoms with van der Waals surface area (Å²) in [5.74, 6) is 0.555. The molecule has 0 saturated carbocycles. The zero-order chi connectivity index (χ0) is 30.6. The molecule has 43 heavy (non-hydrogen) atoms. The average molecular weight is 598 g/mol. The minimum absolute atomic E-state index is 0.0234. The van der Waals surface area contributed by atoms with Crippen LogP contribution in [0.3, 0.4) is 0 Å². The van der Waals surface area contributed by atoms with Crippen LogP contribution in [0.4, 0.5) is 11.4 Å². The minimum atomic E-state index is -0.532. The maximum Gasteiger partial charge on any atom is 0.272 e. The van der Waals surface area contributed by atoms with Gasteiger partial charge in [0.2, 0.25) is 5.91 Å². The Kier molecular flexibility index (Phi) is 10.8. The van der Waals surface area contributed by atoms with Crippen molar-refractivity contribution in [2.75, 3.05) is 37.7 Å². The van der Waals surface area contributed by atoms with Crippen molar-refractivity contribution in [3.63, 3.8) is 0 Å². The van der Waals surface area contributed by atoms with Crippen molar-refractivity contribution in [1.82, 2.24) is 5.32 Å². The molecule has 0 spiro atoms. The molecule has 4 rings (SSSR count). The molecule has 0 heterocycles. The van der Waals surface area contributed by atoms with Crippen molar-refractivity contribution in [2.45, 2.75) is 4.90 Å². The zero-order valence-corrected chi connectivity index (χ0v) is 24.7. The molecule has 4 aromatic carbocycles. The van der Waals surface area contributed by atoms with Crippen molar-refractivity contribution in [3.8, 4) is 17.2 Å². The number of benzene rings is 4. The van der Waals surface area contributed by atoms with Gasteiger partial charge in [-0.3, -0.25) is 14.4 Å². The van der Waals surface area contributed by atoms with E-state index >= 15 is 0 Å². The Morgan fingerprint density at radius 3 is 2.19 bits per heavy atom. The van der Waals surface area contributed by atoms with Gasteiger partial charge in [0.1, 0.15) is 11.4 Å². The number of anilines is 2. The van der Waals surface area contributed by atoms with E-state index in [2.05, 4.69) is 16.0 Å². The van der Waals surface area contributed by atoms with Crippen molar-refractivity contribution in [2.24, 2.45) is 0 Å². The van der Waals surface area contributed by atoms with E-state index < -0.39 is 11.8 Å². The highest BCUT2D eigenvalue weighted by Gasteiger charge is 2.16. The molecule has 9 nitrogen and oxygen atoms in total. The fourth-order valence-corrected chi connectivity index (χ4v) is 4.75. The van der Waals surface area contributed by atoms with Crippen LogP contribution in [0.2, 0.25) is 0 Å². The lowest BCUT2D eigenvalue weighted by atomic mass is 10.1. The number of para-hydroxylation sites is 2. The second kappa shape index (κ2) is 15.1. The molecule has 10 heteroatoms. The third-order valence-corrected chi connectivity index (χ3v) is 7.08. The molecule has 0 saturated heterocycles. The first-order chi connectivity index (χ1) is 20.9. The molecule has 0 unspecified atom stereocenters. The van der Waals surface area contributed by atoms with E-state index in [-0.39, 0.29) is 17.4 Å². The lowest BCUT2D eigenvalue weighted by Crippen LogP contribution is -2.30. The van der Waals surface area contributed by atoms with Gasteiger partial charge in [-0.05, 0) is 66.2 Å². The lowest BCUT2D eigenvalue weighted by Gasteiger charge is -2.13. The van der Waals surface area contributed by atoms with E-state index in [9.17, 15) is 14.4 Å². The van der Waals surface area contributed by atoms with Gasteiger partial charge in [-0.25, -0.2) is 0 Å². The molecular formula is C33H31N3O6S. The van der Waals surface area contributed by atoms with Crippen LogP contribution in [0.5, 0.6) is 17.2 Å². The Hall–Kier alpha value is -5.22. The lowest BCUT2D eigenvalue weighted by molar-refractivity contribution is -0.114. The van der Waals surface area contributed by atoms with E-state index in [1.165, 1.54) is 26.0 Å². The Morgan fingerprint density at radius 1 is 0.721 bits per heavy atom. The number of amides is 3. The predicted molar refractivity (Wildman–Crippen MR) is 169 cm³/mol. The van der Waals surface area contributed by atoms with E-state index in [1.54, 1.807) is 92.0 Å². The van der Waals surface area contributed by atoms with Crippen molar-refractivity contribution >= 4 is 46.9 Å². The summed E-state index contributed by atoms with van der Waals surface area (Å²) in [5.41, 5.74) is 2.12. The maximum absolute atomic E-state index is 13.5. The van der Waals surface area contributed by atoms with Crippen LogP contribution in [0.15, 0.2) is 108 Å². The Balaban J connectivity index is 1.49. The summed E-state index contributed by atoms with van der Waals surface area (Å²) in [4.78, 5) is 39.8. The van der Waals surface area contributed by atoms with Crippen LogP contribution >= 0.6 is 11.8 Å². The van der Waals surface area contributed by atoms with E-state index in [0.29, 0.717) is 39.8 Å². The average Bonchev–Trinajstić information content (AvgIpc) is 3.04. The summed E-state index contributed by atoms with van der Waals surface area (Å²) in [6, 6.07) is 28.0. The van der Waals surface area contributed by atoms with Crippen molar-refractivity contribution in [1.29, 1.82) is 0 Å². The summed E-state index contributed by atoms with van der Waals surface area (Å²) in [6.07, 6.45) is 1.55. The van der Waals surface area contributed by atoms with Gasteiger partial charge in [0, 0.05) is 16.1 Å². The molecular weight excluding hydrogens is 566 g/mol. The van der Waals surface area contributed by atoms with E-state index in [0.717, 1.165) is 4.90 Å². The monoisotopic (exact) mass is 597 g/mol. The van der Waals surface area contributed by atoms with Gasteiger partial charge in [0.15, 0.2) is 11.5 Å². The van der Waals surface area contributed by atoms with Crippen LogP contribution in [-0.2, 0) is 9.59 Å². The van der Waals surface area contributed by atoms with Crippen molar-refractivity contribution in [3.05, 3.63) is 114 Å². The van der Waals surface area contributed by atoms with Crippen LogP contribution in [0.1, 0.15) is 15.9 Å². The minimum Gasteiger partial charge on any atom is -0.495 e. The van der Waals surface area contributed by atoms with E-state index in [4.69, 9.17) is 14.2 Å². The Labute approximate surface area is 254 Å². The van der Waals surface area contributed by atoms with Gasteiger partial charge in [0.05, 0.1) is 32.8 Å². The van der Waals surface area contributed by atoms with Gasteiger partial charge < -0.3 is 30.2 Å². The summed E-state index contributed by atoms with van der Waals surface area (Å²) in [7, 11) is 4.59. The molecule has 0 aliphatic rings. The summed E-state index contributed by atoms with van der Waals surface area (Å²) < 4.78 is 16.0. The third kappa shape index (κ3) is 8.64. The number of carbonyl (C=O) groups excluding carboxylic acids is 3. The van der Waals surface area contributed by atoms with Crippen LogP contribution in [-0.4, -0.2) is 44.8 Å². The topological polar surface area (TPSA) is 115 Å². The standard InChI is InChI=1S/C33H31N3O6S/c1-40-28-15-8-7-14-26(28)35-31(37)21-43-25-13-9-12-24(20-25)34-33(39)27(36-32(38)23-10-5-4-6-11-23)18-22-16-17-29(41-2)30(19-22)42-3/h4-20H,21H2,1-3H3,(H,34,39)(H,35,37)(H,36,38)/b27-18+. The fourth-order valence-electron chi connectivity index (χ4n) is 4.00. The number of methoxy groups -OCH3 is 3. The maximum atomic E-state index is 13.5. The normalized spacial score (nSPS) is 10.8. The van der Waals surface area contributed by atoms with Gasteiger partial charge in [-0.15, -0.1) is 11.8 Å². The highest BCUT2D eigenvalue weighted by molar-refractivity contribution is 8.00. The summed E-state index contributed by atoms with van der Waals surface area (Å²) >= 11 is 1.31. The molecule has 0 atom stereocenters. The van der Waals surface area contributed by atoms with Crippen LogP contribution in [0, 0.1) is 0 Å². The number of hydrogen-bond acceptors (Lipinski definition) is 7. The molecule has 3 amide bonds. The first-order valence-electron chi connectivity index (χ1n) is 13.2. The van der Waals surface area contributed by atoms with Gasteiger partial charge in [0.25, 0.3) is 11.8 Å². The number of rotatable bonds is 12. The molecule has 0 bridgehead atoms. The number of hydrogen-bond donors (Lipinski definition) is 3. The molecule has 0 radical (unpaired) electrons. The quantitative estimate of drug-likeness (QED) is 0.139. The number of carbonyl (C=O) groups is 3. The Morgan fingerprint density at radius 2 is 1.44 bits per heavy atom. The molecule has 220 valence electrons. The molecule has 0 fully saturated rings. The second-order valence-electron chi connectivity index (χ2n) is 9.01. The molecule has 0 aromatic heterocycles. The van der Waals surface area contributed by atoms with Crippen molar-refractivity contribution < 1.29 is 28.6 Å². The summed E-state index contributed by atoms with van der Waals surface area (Å²) in [5, 5.41) is 8.41. The highest BCUT2D eigenvalue weighted by atomic mass is 32.2. The van der Waals surface area contributed by atoms with Gasteiger partial charge in [-0.1, -0.05) is 42.5 Å². The molecule has 3 N–H and O–H groups in total. The number of thioether (sulfide) groups is 1. The smallest absolute Gasteiger partial charge is 0.272 e. The molecule has 0 aliphatic carbocycles. The zero-order valence-electron chi connectivity index (χ0n) is 23.9. The van der Waals surface area contributed by atoms with E-state index in [1.807, 2.05) is 18.2 Å². The van der Waals surface area contributed by atoms with Crippen LogP contribution < -0.4 is 30.2 Å². The number of nitrogens with one attached hydrogen (secondary N) is 3. The molecule has 0 aliphatic heterocycles.